The van der Waals surface area contributed by atoms with Crippen molar-refractivity contribution in [3.8, 4) is 0 Å². The maximum atomic E-state index is 11.8. The van der Waals surface area contributed by atoms with Gasteiger partial charge in [-0.3, -0.25) is 10.1 Å². The average Bonchev–Trinajstić information content (AvgIpc) is 2.92. The molecule has 20 heavy (non-hydrogen) atoms. The second kappa shape index (κ2) is 6.16. The molecule has 0 atom stereocenters. The summed E-state index contributed by atoms with van der Waals surface area (Å²) in [7, 11) is 0. The van der Waals surface area contributed by atoms with E-state index in [1.54, 1.807) is 11.3 Å². The van der Waals surface area contributed by atoms with E-state index in [1.807, 2.05) is 17.5 Å². The summed E-state index contributed by atoms with van der Waals surface area (Å²) in [6.07, 6.45) is 0.609. The third kappa shape index (κ3) is 3.33. The molecule has 0 aliphatic heterocycles. The van der Waals surface area contributed by atoms with E-state index < -0.39 is 10.9 Å². The van der Waals surface area contributed by atoms with Crippen molar-refractivity contribution < 1.29 is 14.5 Å². The fourth-order valence-electron chi connectivity index (χ4n) is 1.61. The minimum atomic E-state index is -0.650. The van der Waals surface area contributed by atoms with Crippen LogP contribution in [0.5, 0.6) is 0 Å². The summed E-state index contributed by atoms with van der Waals surface area (Å²) >= 11 is 1.57. The Balaban J connectivity index is 2.01. The number of ether oxygens (including phenoxy) is 1. The highest BCUT2D eigenvalue weighted by Gasteiger charge is 2.16. The summed E-state index contributed by atoms with van der Waals surface area (Å²) in [5.41, 5.74) is 5.63. The zero-order chi connectivity index (χ0) is 14.5. The minimum Gasteiger partial charge on any atom is -0.462 e. The number of carbonyl (C=O) groups excluding carboxylic acids is 1. The highest BCUT2D eigenvalue weighted by Crippen LogP contribution is 2.20. The molecule has 1 heterocycles. The van der Waals surface area contributed by atoms with E-state index in [4.69, 9.17) is 10.5 Å². The Morgan fingerprint density at radius 3 is 2.85 bits per heavy atom. The number of hydrogen-bond donors (Lipinski definition) is 1. The van der Waals surface area contributed by atoms with Crippen molar-refractivity contribution >= 4 is 28.7 Å². The lowest BCUT2D eigenvalue weighted by Crippen LogP contribution is -2.10. The number of rotatable bonds is 5. The second-order valence-corrected chi connectivity index (χ2v) is 5.03. The number of anilines is 1. The number of carbonyl (C=O) groups is 1. The Bertz CT molecular complexity index is 625. The van der Waals surface area contributed by atoms with Crippen LogP contribution in [0.3, 0.4) is 0 Å². The van der Waals surface area contributed by atoms with Gasteiger partial charge in [-0.15, -0.1) is 11.3 Å². The topological polar surface area (TPSA) is 95.5 Å². The summed E-state index contributed by atoms with van der Waals surface area (Å²) in [5, 5.41) is 12.6. The molecular weight excluding hydrogens is 280 g/mol. The molecule has 0 bridgehead atoms. The molecule has 2 aromatic rings. The van der Waals surface area contributed by atoms with Crippen LogP contribution in [-0.4, -0.2) is 17.5 Å². The van der Waals surface area contributed by atoms with Gasteiger partial charge in [-0.25, -0.2) is 4.79 Å². The third-order valence-corrected chi connectivity index (χ3v) is 3.57. The number of nitrogens with zero attached hydrogens (tertiary/aromatic N) is 1. The van der Waals surface area contributed by atoms with E-state index in [0.717, 1.165) is 10.9 Å². The van der Waals surface area contributed by atoms with Gasteiger partial charge in [0.15, 0.2) is 0 Å². The molecule has 0 unspecified atom stereocenters. The molecule has 7 heteroatoms. The molecule has 1 aromatic carbocycles. The number of esters is 1. The van der Waals surface area contributed by atoms with Crippen molar-refractivity contribution in [2.75, 3.05) is 12.3 Å². The van der Waals surface area contributed by atoms with Gasteiger partial charge in [0.05, 0.1) is 17.1 Å². The van der Waals surface area contributed by atoms with E-state index in [-0.39, 0.29) is 23.5 Å². The molecule has 2 rings (SSSR count). The first-order valence-electron chi connectivity index (χ1n) is 5.81. The maximum Gasteiger partial charge on any atom is 0.340 e. The Labute approximate surface area is 118 Å². The molecular formula is C13H12N2O4S. The smallest absolute Gasteiger partial charge is 0.340 e. The number of non-ortho nitro benzene ring substituents is 1. The van der Waals surface area contributed by atoms with Crippen LogP contribution in [0.1, 0.15) is 15.2 Å². The lowest BCUT2D eigenvalue weighted by atomic mass is 10.1. The Kier molecular flexibility index (Phi) is 4.31. The van der Waals surface area contributed by atoms with Crippen molar-refractivity contribution in [3.05, 3.63) is 56.3 Å². The van der Waals surface area contributed by atoms with Gasteiger partial charge in [0, 0.05) is 29.1 Å². The van der Waals surface area contributed by atoms with Gasteiger partial charge in [-0.1, -0.05) is 6.07 Å². The normalized spacial score (nSPS) is 10.2. The SMILES string of the molecule is Nc1ccc([N+](=O)[O-])cc1C(=O)OCCc1cccs1. The number of hydrogen-bond acceptors (Lipinski definition) is 6. The van der Waals surface area contributed by atoms with E-state index >= 15 is 0 Å². The van der Waals surface area contributed by atoms with Gasteiger partial charge in [-0.05, 0) is 17.5 Å². The monoisotopic (exact) mass is 292 g/mol. The second-order valence-electron chi connectivity index (χ2n) is 3.99. The molecule has 0 saturated heterocycles. The first-order chi connectivity index (χ1) is 9.58. The van der Waals surface area contributed by atoms with Gasteiger partial charge >= 0.3 is 5.97 Å². The van der Waals surface area contributed by atoms with Gasteiger partial charge in [0.25, 0.3) is 5.69 Å². The first-order valence-corrected chi connectivity index (χ1v) is 6.69. The van der Waals surface area contributed by atoms with Crippen LogP contribution in [0.4, 0.5) is 11.4 Å². The number of nitro benzene ring substituents is 1. The molecule has 1 aromatic heterocycles. The Morgan fingerprint density at radius 2 is 2.20 bits per heavy atom. The standard InChI is InChI=1S/C13H12N2O4S/c14-12-4-3-9(15(17)18)8-11(12)13(16)19-6-5-10-2-1-7-20-10/h1-4,7-8H,5-6,14H2. The molecule has 6 nitrogen and oxygen atoms in total. The van der Waals surface area contributed by atoms with Gasteiger partial charge in [0.1, 0.15) is 0 Å². The van der Waals surface area contributed by atoms with E-state index in [2.05, 4.69) is 0 Å². The molecule has 0 radical (unpaired) electrons. The van der Waals surface area contributed by atoms with E-state index in [9.17, 15) is 14.9 Å². The van der Waals surface area contributed by atoms with Crippen molar-refractivity contribution in [2.24, 2.45) is 0 Å². The molecule has 0 aliphatic rings. The predicted molar refractivity (Wildman–Crippen MR) is 75.8 cm³/mol. The summed E-state index contributed by atoms with van der Waals surface area (Å²) in [6, 6.07) is 7.56. The zero-order valence-corrected chi connectivity index (χ0v) is 11.3. The van der Waals surface area contributed by atoms with Crippen LogP contribution in [0.25, 0.3) is 0 Å². The van der Waals surface area contributed by atoms with Crippen LogP contribution < -0.4 is 5.73 Å². The number of thiophene rings is 1. The predicted octanol–water partition coefficient (Wildman–Crippen LogP) is 2.64. The fourth-order valence-corrected chi connectivity index (χ4v) is 2.30. The van der Waals surface area contributed by atoms with Crippen molar-refractivity contribution in [3.63, 3.8) is 0 Å². The van der Waals surface area contributed by atoms with Gasteiger partial charge in [-0.2, -0.15) is 0 Å². The average molecular weight is 292 g/mol. The largest absolute Gasteiger partial charge is 0.462 e. The van der Waals surface area contributed by atoms with Crippen LogP contribution in [-0.2, 0) is 11.2 Å². The van der Waals surface area contributed by atoms with Gasteiger partial charge < -0.3 is 10.5 Å². The van der Waals surface area contributed by atoms with Crippen LogP contribution in [0, 0.1) is 10.1 Å². The summed E-state index contributed by atoms with van der Waals surface area (Å²) in [5.74, 6) is -0.650. The number of nitrogen functional groups attached to an aromatic ring is 1. The minimum absolute atomic E-state index is 0.0189. The van der Waals surface area contributed by atoms with Crippen LogP contribution in [0.15, 0.2) is 35.7 Å². The number of nitrogens with two attached hydrogens (primary N) is 1. The van der Waals surface area contributed by atoms with Crippen LogP contribution in [0.2, 0.25) is 0 Å². The molecule has 0 aliphatic carbocycles. The molecule has 0 spiro atoms. The maximum absolute atomic E-state index is 11.8. The lowest BCUT2D eigenvalue weighted by Gasteiger charge is -2.06. The third-order valence-electron chi connectivity index (χ3n) is 2.63. The summed E-state index contributed by atoms with van der Waals surface area (Å²) < 4.78 is 5.08. The van der Waals surface area contributed by atoms with Crippen molar-refractivity contribution in [1.29, 1.82) is 0 Å². The molecule has 2 N–H and O–H groups in total. The van der Waals surface area contributed by atoms with Gasteiger partial charge in [0.2, 0.25) is 0 Å². The molecule has 0 amide bonds. The summed E-state index contributed by atoms with van der Waals surface area (Å²) in [6.45, 7) is 0.210. The fraction of sp³-hybridized carbons (Fsp3) is 0.154. The summed E-state index contributed by atoms with van der Waals surface area (Å²) in [4.78, 5) is 23.0. The van der Waals surface area contributed by atoms with E-state index in [0.29, 0.717) is 6.42 Å². The number of benzene rings is 1. The quantitative estimate of drug-likeness (QED) is 0.395. The van der Waals surface area contributed by atoms with Crippen LogP contribution >= 0.6 is 11.3 Å². The first kappa shape index (κ1) is 14.0. The lowest BCUT2D eigenvalue weighted by molar-refractivity contribution is -0.384. The molecule has 0 fully saturated rings. The highest BCUT2D eigenvalue weighted by molar-refractivity contribution is 7.09. The zero-order valence-electron chi connectivity index (χ0n) is 10.4. The van der Waals surface area contributed by atoms with Crippen molar-refractivity contribution in [1.82, 2.24) is 0 Å². The molecule has 0 saturated carbocycles. The highest BCUT2D eigenvalue weighted by atomic mass is 32.1. The Morgan fingerprint density at radius 1 is 1.40 bits per heavy atom. The Hall–Kier alpha value is -2.41. The van der Waals surface area contributed by atoms with E-state index in [1.165, 1.54) is 12.1 Å². The molecule has 104 valence electrons. The number of nitro groups is 1. The van der Waals surface area contributed by atoms with Crippen molar-refractivity contribution in [2.45, 2.75) is 6.42 Å².